The number of rotatable bonds is 5. The molecule has 1 aliphatic rings. The fraction of sp³-hybridized carbons (Fsp3) is 0.650. The largest absolute Gasteiger partial charge is 0.352 e. The highest BCUT2D eigenvalue weighted by Crippen LogP contribution is 2.22. The lowest BCUT2D eigenvalue weighted by Crippen LogP contribution is -2.51. The minimum Gasteiger partial charge on any atom is -0.352 e. The number of aryl methyl sites for hydroxylation is 3. The Kier molecular flexibility index (Phi) is 7.26. The molecule has 1 fully saturated rings. The summed E-state index contributed by atoms with van der Waals surface area (Å²) in [6.07, 6.45) is 4.67. The molecule has 0 saturated heterocycles. The third-order valence-corrected chi connectivity index (χ3v) is 4.88. The first-order valence-electron chi connectivity index (χ1n) is 9.43. The van der Waals surface area contributed by atoms with Gasteiger partial charge in [-0.1, -0.05) is 30.5 Å². The van der Waals surface area contributed by atoms with Crippen LogP contribution in [0.15, 0.2) is 17.1 Å². The van der Waals surface area contributed by atoms with Gasteiger partial charge in [-0.3, -0.25) is 4.99 Å². The molecule has 25 heavy (non-hydrogen) atoms. The zero-order valence-corrected chi connectivity index (χ0v) is 16.5. The van der Waals surface area contributed by atoms with Crippen LogP contribution in [0.25, 0.3) is 0 Å². The highest BCUT2D eigenvalue weighted by molar-refractivity contribution is 5.95. The molecule has 1 aliphatic carbocycles. The number of nitrogens with zero attached hydrogens (tertiary/aromatic N) is 2. The van der Waals surface area contributed by atoms with E-state index in [1.807, 2.05) is 0 Å². The van der Waals surface area contributed by atoms with Crippen LogP contribution < -0.4 is 16.4 Å². The number of anilines is 1. The molecule has 0 amide bonds. The van der Waals surface area contributed by atoms with E-state index < -0.39 is 0 Å². The van der Waals surface area contributed by atoms with Gasteiger partial charge in [-0.05, 0) is 58.8 Å². The summed E-state index contributed by atoms with van der Waals surface area (Å²) in [6.45, 7) is 8.11. The highest BCUT2D eigenvalue weighted by Gasteiger charge is 2.23. The number of aliphatic imine (C=N–C) groups is 1. The summed E-state index contributed by atoms with van der Waals surface area (Å²) >= 11 is 0. The maximum Gasteiger partial charge on any atom is 0.196 e. The molecule has 5 heteroatoms. The van der Waals surface area contributed by atoms with Crippen molar-refractivity contribution in [1.82, 2.24) is 10.2 Å². The first-order chi connectivity index (χ1) is 11.9. The van der Waals surface area contributed by atoms with Crippen LogP contribution in [0.1, 0.15) is 42.4 Å². The lowest BCUT2D eigenvalue weighted by molar-refractivity contribution is 0.359. The van der Waals surface area contributed by atoms with Gasteiger partial charge in [0.25, 0.3) is 0 Å². The third-order valence-electron chi connectivity index (χ3n) is 4.88. The lowest BCUT2D eigenvalue weighted by atomic mass is 9.91. The normalized spacial score (nSPS) is 21.5. The van der Waals surface area contributed by atoms with Gasteiger partial charge in [0.2, 0.25) is 0 Å². The van der Waals surface area contributed by atoms with Crippen molar-refractivity contribution >= 4 is 11.6 Å². The summed E-state index contributed by atoms with van der Waals surface area (Å²) in [7, 11) is 4.14. The van der Waals surface area contributed by atoms with Gasteiger partial charge in [-0.2, -0.15) is 0 Å². The Morgan fingerprint density at radius 3 is 2.40 bits per heavy atom. The van der Waals surface area contributed by atoms with Crippen LogP contribution in [0.4, 0.5) is 5.69 Å². The molecule has 1 aromatic rings. The lowest BCUT2D eigenvalue weighted by Gasteiger charge is -2.31. The van der Waals surface area contributed by atoms with Crippen LogP contribution in [-0.4, -0.2) is 50.1 Å². The second kappa shape index (κ2) is 9.20. The number of nitrogens with two attached hydrogens (primary N) is 1. The van der Waals surface area contributed by atoms with E-state index in [2.05, 4.69) is 62.5 Å². The van der Waals surface area contributed by atoms with E-state index in [0.29, 0.717) is 6.04 Å². The molecule has 140 valence electrons. The molecule has 1 saturated carbocycles. The Hall–Kier alpha value is -1.59. The SMILES string of the molecule is Cc1cc(C)c(NC(=NCCN(C)C)N[C@H]2CCCC[C@@H]2N)c(C)c1. The third kappa shape index (κ3) is 6.01. The van der Waals surface area contributed by atoms with E-state index in [1.165, 1.54) is 29.5 Å². The number of guanidine groups is 1. The standard InChI is InChI=1S/C20H35N5/c1-14-12-15(2)19(16(3)13-14)24-20(22-10-11-25(4)5)23-18-9-7-6-8-17(18)21/h12-13,17-18H,6-11,21H2,1-5H3,(H2,22,23,24)/t17-,18-/m0/s1. The van der Waals surface area contributed by atoms with Crippen molar-refractivity contribution in [3.63, 3.8) is 0 Å². The molecule has 4 N–H and O–H groups in total. The Labute approximate surface area is 153 Å². The molecule has 2 rings (SSSR count). The first kappa shape index (κ1) is 19.7. The molecule has 0 radical (unpaired) electrons. The summed E-state index contributed by atoms with van der Waals surface area (Å²) in [5, 5.41) is 7.14. The van der Waals surface area contributed by atoms with Crippen LogP contribution >= 0.6 is 0 Å². The average molecular weight is 346 g/mol. The van der Waals surface area contributed by atoms with Crippen LogP contribution in [0.5, 0.6) is 0 Å². The van der Waals surface area contributed by atoms with Gasteiger partial charge in [-0.25, -0.2) is 0 Å². The van der Waals surface area contributed by atoms with Crippen molar-refractivity contribution in [2.45, 2.75) is 58.5 Å². The topological polar surface area (TPSA) is 65.7 Å². The Morgan fingerprint density at radius 2 is 1.80 bits per heavy atom. The summed E-state index contributed by atoms with van der Waals surface area (Å²) in [6, 6.07) is 4.92. The molecule has 0 unspecified atom stereocenters. The van der Waals surface area contributed by atoms with Crippen molar-refractivity contribution in [3.05, 3.63) is 28.8 Å². The maximum absolute atomic E-state index is 6.32. The number of hydrogen-bond donors (Lipinski definition) is 3. The van der Waals surface area contributed by atoms with Gasteiger partial charge >= 0.3 is 0 Å². The second-order valence-corrected chi connectivity index (χ2v) is 7.63. The molecule has 0 bridgehead atoms. The number of likely N-dealkylation sites (N-methyl/N-ethyl adjacent to an activating group) is 1. The summed E-state index contributed by atoms with van der Waals surface area (Å²) in [5.74, 6) is 0.847. The predicted molar refractivity (Wildman–Crippen MR) is 108 cm³/mol. The minimum absolute atomic E-state index is 0.204. The molecule has 0 aromatic heterocycles. The molecule has 5 nitrogen and oxygen atoms in total. The Morgan fingerprint density at radius 1 is 1.16 bits per heavy atom. The van der Waals surface area contributed by atoms with Crippen LogP contribution in [0, 0.1) is 20.8 Å². The summed E-state index contributed by atoms with van der Waals surface area (Å²) in [5.41, 5.74) is 11.2. The van der Waals surface area contributed by atoms with Gasteiger partial charge in [0.15, 0.2) is 5.96 Å². The zero-order valence-electron chi connectivity index (χ0n) is 16.5. The second-order valence-electron chi connectivity index (χ2n) is 7.63. The molecule has 0 heterocycles. The Balaban J connectivity index is 2.16. The van der Waals surface area contributed by atoms with E-state index >= 15 is 0 Å². The van der Waals surface area contributed by atoms with E-state index in [-0.39, 0.29) is 6.04 Å². The van der Waals surface area contributed by atoms with E-state index in [0.717, 1.165) is 37.6 Å². The zero-order chi connectivity index (χ0) is 18.4. The van der Waals surface area contributed by atoms with Gasteiger partial charge in [0.1, 0.15) is 0 Å². The van der Waals surface area contributed by atoms with Crippen LogP contribution in [0.3, 0.4) is 0 Å². The fourth-order valence-corrected chi connectivity index (χ4v) is 3.49. The monoisotopic (exact) mass is 345 g/mol. The van der Waals surface area contributed by atoms with E-state index in [4.69, 9.17) is 10.7 Å². The Bertz CT molecular complexity index is 571. The summed E-state index contributed by atoms with van der Waals surface area (Å²) in [4.78, 5) is 6.94. The quantitative estimate of drug-likeness (QED) is 0.567. The molecule has 2 atom stereocenters. The average Bonchev–Trinajstić information content (AvgIpc) is 2.52. The van der Waals surface area contributed by atoms with Gasteiger partial charge < -0.3 is 21.3 Å². The minimum atomic E-state index is 0.204. The number of benzene rings is 1. The maximum atomic E-state index is 6.32. The number of hydrogen-bond acceptors (Lipinski definition) is 3. The molecular formula is C20H35N5. The molecule has 0 spiro atoms. The number of nitrogens with one attached hydrogen (secondary N) is 2. The summed E-state index contributed by atoms with van der Waals surface area (Å²) < 4.78 is 0. The molecule has 1 aromatic carbocycles. The van der Waals surface area contributed by atoms with Crippen molar-refractivity contribution in [3.8, 4) is 0 Å². The smallest absolute Gasteiger partial charge is 0.196 e. The van der Waals surface area contributed by atoms with Gasteiger partial charge in [-0.15, -0.1) is 0 Å². The van der Waals surface area contributed by atoms with Crippen molar-refractivity contribution in [2.75, 3.05) is 32.5 Å². The van der Waals surface area contributed by atoms with Crippen molar-refractivity contribution < 1.29 is 0 Å². The van der Waals surface area contributed by atoms with Gasteiger partial charge in [0, 0.05) is 24.3 Å². The predicted octanol–water partition coefficient (Wildman–Crippen LogP) is 2.80. The van der Waals surface area contributed by atoms with E-state index in [9.17, 15) is 0 Å². The van der Waals surface area contributed by atoms with Crippen molar-refractivity contribution in [2.24, 2.45) is 10.7 Å². The highest BCUT2D eigenvalue weighted by atomic mass is 15.2. The van der Waals surface area contributed by atoms with Crippen molar-refractivity contribution in [1.29, 1.82) is 0 Å². The van der Waals surface area contributed by atoms with E-state index in [1.54, 1.807) is 0 Å². The van der Waals surface area contributed by atoms with Gasteiger partial charge in [0.05, 0.1) is 6.54 Å². The fourth-order valence-electron chi connectivity index (χ4n) is 3.49. The molecular weight excluding hydrogens is 310 g/mol. The molecule has 0 aliphatic heterocycles. The van der Waals surface area contributed by atoms with Crippen LogP contribution in [0.2, 0.25) is 0 Å². The first-order valence-corrected chi connectivity index (χ1v) is 9.43. The van der Waals surface area contributed by atoms with Crippen LogP contribution in [-0.2, 0) is 0 Å².